The Bertz CT molecular complexity index is 813. The average molecular weight is 443 g/mol. The Kier molecular flexibility index (Phi) is 8.35. The van der Waals surface area contributed by atoms with Crippen LogP contribution < -0.4 is 5.32 Å². The number of thiophene rings is 1. The summed E-state index contributed by atoms with van der Waals surface area (Å²) in [6, 6.07) is 13.0. The Morgan fingerprint density at radius 2 is 1.94 bits per heavy atom. The van der Waals surface area contributed by atoms with Gasteiger partial charge in [-0.3, -0.25) is 9.89 Å². The molecule has 168 valence electrons. The summed E-state index contributed by atoms with van der Waals surface area (Å²) in [7, 11) is 1.87. The quantitative estimate of drug-likeness (QED) is 0.527. The predicted molar refractivity (Wildman–Crippen MR) is 126 cm³/mol. The fourth-order valence-corrected chi connectivity index (χ4v) is 4.89. The molecule has 0 radical (unpaired) electrons. The van der Waals surface area contributed by atoms with Gasteiger partial charge >= 0.3 is 0 Å². The number of piperazine rings is 1. The van der Waals surface area contributed by atoms with Crippen LogP contribution in [-0.4, -0.2) is 68.3 Å². The van der Waals surface area contributed by atoms with E-state index >= 15 is 0 Å². The van der Waals surface area contributed by atoms with E-state index in [1.165, 1.54) is 16.0 Å². The van der Waals surface area contributed by atoms with Gasteiger partial charge in [-0.2, -0.15) is 0 Å². The largest absolute Gasteiger partial charge is 0.381 e. The zero-order valence-electron chi connectivity index (χ0n) is 18.5. The van der Waals surface area contributed by atoms with Crippen LogP contribution in [0.5, 0.6) is 0 Å². The molecule has 2 aliphatic heterocycles. The maximum absolute atomic E-state index is 6.08. The molecule has 0 saturated carbocycles. The molecule has 0 unspecified atom stereocenters. The van der Waals surface area contributed by atoms with E-state index in [1.54, 1.807) is 0 Å². The highest BCUT2D eigenvalue weighted by atomic mass is 32.1. The number of ether oxygens (including phenoxy) is 2. The predicted octanol–water partition coefficient (Wildman–Crippen LogP) is 3.34. The van der Waals surface area contributed by atoms with Gasteiger partial charge in [-0.25, -0.2) is 0 Å². The Balaban J connectivity index is 1.22. The van der Waals surface area contributed by atoms with Gasteiger partial charge in [0, 0.05) is 64.4 Å². The molecule has 4 rings (SSSR count). The Morgan fingerprint density at radius 3 is 2.68 bits per heavy atom. The fourth-order valence-electron chi connectivity index (χ4n) is 4.14. The lowest BCUT2D eigenvalue weighted by Gasteiger charge is -2.36. The molecule has 2 saturated heterocycles. The lowest BCUT2D eigenvalue weighted by Crippen LogP contribution is -2.51. The molecule has 1 aromatic heterocycles. The van der Waals surface area contributed by atoms with Crippen molar-refractivity contribution in [3.05, 3.63) is 57.8 Å². The summed E-state index contributed by atoms with van der Waals surface area (Å²) in [6.45, 7) is 8.27. The van der Waals surface area contributed by atoms with E-state index in [0.29, 0.717) is 12.7 Å². The second kappa shape index (κ2) is 11.6. The van der Waals surface area contributed by atoms with E-state index in [4.69, 9.17) is 9.47 Å². The van der Waals surface area contributed by atoms with Crippen molar-refractivity contribution in [3.8, 4) is 0 Å². The van der Waals surface area contributed by atoms with Crippen molar-refractivity contribution >= 4 is 17.3 Å². The normalized spacial score (nSPS) is 19.0. The molecule has 0 spiro atoms. The molecular weight excluding hydrogens is 408 g/mol. The molecule has 0 aliphatic carbocycles. The number of nitrogens with zero attached hydrogens (tertiary/aromatic N) is 3. The number of rotatable bonds is 7. The van der Waals surface area contributed by atoms with E-state index in [9.17, 15) is 0 Å². The highest BCUT2D eigenvalue weighted by Crippen LogP contribution is 2.15. The van der Waals surface area contributed by atoms with Crippen molar-refractivity contribution in [1.29, 1.82) is 0 Å². The van der Waals surface area contributed by atoms with Crippen molar-refractivity contribution in [2.45, 2.75) is 38.6 Å². The summed E-state index contributed by atoms with van der Waals surface area (Å²) >= 11 is 1.84. The van der Waals surface area contributed by atoms with Gasteiger partial charge in [-0.15, -0.1) is 11.3 Å². The molecule has 1 N–H and O–H groups in total. The molecular formula is C24H34N4O2S. The van der Waals surface area contributed by atoms with Crippen LogP contribution in [0, 0.1) is 0 Å². The van der Waals surface area contributed by atoms with Gasteiger partial charge in [0.25, 0.3) is 0 Å². The summed E-state index contributed by atoms with van der Waals surface area (Å²) in [6.07, 6.45) is 2.32. The molecule has 1 aromatic carbocycles. The molecule has 2 aliphatic rings. The second-order valence-electron chi connectivity index (χ2n) is 8.19. The third-order valence-corrected chi connectivity index (χ3v) is 6.80. The summed E-state index contributed by atoms with van der Waals surface area (Å²) in [5.41, 5.74) is 2.48. The van der Waals surface area contributed by atoms with Crippen molar-refractivity contribution in [3.63, 3.8) is 0 Å². The zero-order valence-corrected chi connectivity index (χ0v) is 19.3. The molecule has 2 aromatic rings. The monoisotopic (exact) mass is 442 g/mol. The van der Waals surface area contributed by atoms with Crippen molar-refractivity contribution in [2.24, 2.45) is 4.99 Å². The molecule has 0 amide bonds. The van der Waals surface area contributed by atoms with Crippen molar-refractivity contribution in [1.82, 2.24) is 15.1 Å². The van der Waals surface area contributed by atoms with E-state index in [1.807, 2.05) is 18.4 Å². The number of benzene rings is 1. The Hall–Kier alpha value is -1.93. The molecule has 0 bridgehead atoms. The fraction of sp³-hybridized carbons (Fsp3) is 0.542. The zero-order chi connectivity index (χ0) is 21.3. The molecule has 0 atom stereocenters. The summed E-state index contributed by atoms with van der Waals surface area (Å²) < 4.78 is 11.5. The third-order valence-electron chi connectivity index (χ3n) is 5.94. The van der Waals surface area contributed by atoms with Crippen LogP contribution in [0.1, 0.15) is 28.8 Å². The van der Waals surface area contributed by atoms with Gasteiger partial charge in [-0.05, 0) is 35.4 Å². The Labute approximate surface area is 189 Å². The molecule has 3 heterocycles. The van der Waals surface area contributed by atoms with Gasteiger partial charge in [0.05, 0.1) is 12.7 Å². The maximum atomic E-state index is 6.08. The number of aliphatic imine (C=N–C) groups is 1. The minimum absolute atomic E-state index is 0.327. The van der Waals surface area contributed by atoms with Crippen LogP contribution in [0.25, 0.3) is 0 Å². The topological polar surface area (TPSA) is 49.3 Å². The number of hydrogen-bond acceptors (Lipinski definition) is 5. The number of nitrogens with one attached hydrogen (secondary N) is 1. The van der Waals surface area contributed by atoms with Crippen LogP contribution in [0.4, 0.5) is 0 Å². The van der Waals surface area contributed by atoms with E-state index in [-0.39, 0.29) is 0 Å². The minimum atomic E-state index is 0.327. The third kappa shape index (κ3) is 6.77. The van der Waals surface area contributed by atoms with Crippen molar-refractivity contribution < 1.29 is 9.47 Å². The number of hydrogen-bond donors (Lipinski definition) is 1. The highest BCUT2D eigenvalue weighted by molar-refractivity contribution is 7.09. The minimum Gasteiger partial charge on any atom is -0.381 e. The van der Waals surface area contributed by atoms with Crippen LogP contribution in [0.2, 0.25) is 0 Å². The molecule has 6 nitrogen and oxygen atoms in total. The highest BCUT2D eigenvalue weighted by Gasteiger charge is 2.20. The molecule has 31 heavy (non-hydrogen) atoms. The smallest absolute Gasteiger partial charge is 0.194 e. The van der Waals surface area contributed by atoms with Gasteiger partial charge < -0.3 is 19.7 Å². The van der Waals surface area contributed by atoms with Crippen LogP contribution in [-0.2, 0) is 29.2 Å². The first-order valence-electron chi connectivity index (χ1n) is 11.3. The summed E-state index contributed by atoms with van der Waals surface area (Å²) in [5.74, 6) is 0.986. The van der Waals surface area contributed by atoms with Gasteiger partial charge in [0.2, 0.25) is 0 Å². The number of guanidine groups is 1. The molecule has 7 heteroatoms. The first-order chi connectivity index (χ1) is 15.3. The summed E-state index contributed by atoms with van der Waals surface area (Å²) in [4.78, 5) is 10.9. The van der Waals surface area contributed by atoms with Gasteiger partial charge in [-0.1, -0.05) is 30.3 Å². The SMILES string of the molecule is CN=C(NCc1cccc(COC2CCOCC2)c1)N1CCN(Cc2cccs2)CC1. The van der Waals surface area contributed by atoms with E-state index in [0.717, 1.165) is 71.3 Å². The van der Waals surface area contributed by atoms with Gasteiger partial charge in [0.1, 0.15) is 0 Å². The average Bonchev–Trinajstić information content (AvgIpc) is 3.33. The first-order valence-corrected chi connectivity index (χ1v) is 12.2. The first kappa shape index (κ1) is 22.3. The maximum Gasteiger partial charge on any atom is 0.194 e. The van der Waals surface area contributed by atoms with Crippen molar-refractivity contribution in [2.75, 3.05) is 46.4 Å². The van der Waals surface area contributed by atoms with E-state index < -0.39 is 0 Å². The Morgan fingerprint density at radius 1 is 1.13 bits per heavy atom. The second-order valence-corrected chi connectivity index (χ2v) is 9.22. The van der Waals surface area contributed by atoms with Crippen LogP contribution >= 0.6 is 11.3 Å². The lowest BCUT2D eigenvalue weighted by molar-refractivity contribution is -0.0390. The van der Waals surface area contributed by atoms with E-state index in [2.05, 4.69) is 61.9 Å². The molecule has 2 fully saturated rings. The van der Waals surface area contributed by atoms with Crippen LogP contribution in [0.3, 0.4) is 0 Å². The van der Waals surface area contributed by atoms with Gasteiger partial charge in [0.15, 0.2) is 5.96 Å². The van der Waals surface area contributed by atoms with Crippen LogP contribution in [0.15, 0.2) is 46.8 Å². The standard InChI is InChI=1S/C24H34N4O2S/c1-25-24(28-11-9-27(10-12-28)18-23-6-3-15-31-23)26-17-20-4-2-5-21(16-20)19-30-22-7-13-29-14-8-22/h2-6,15-16,22H,7-14,17-19H2,1H3,(H,25,26). The lowest BCUT2D eigenvalue weighted by atomic mass is 10.1. The summed E-state index contributed by atoms with van der Waals surface area (Å²) in [5, 5.41) is 5.71.